The Balaban J connectivity index is 1.48. The molecule has 0 spiro atoms. The van der Waals surface area contributed by atoms with Crippen LogP contribution in [0.4, 0.5) is 0 Å². The molecule has 0 amide bonds. The second kappa shape index (κ2) is 6.30. The van der Waals surface area contributed by atoms with E-state index in [1.165, 1.54) is 12.8 Å². The van der Waals surface area contributed by atoms with Crippen LogP contribution < -0.4 is 5.32 Å². The van der Waals surface area contributed by atoms with Gasteiger partial charge in [-0.25, -0.2) is 0 Å². The van der Waals surface area contributed by atoms with Gasteiger partial charge in [0, 0.05) is 6.04 Å². The third-order valence-electron chi connectivity index (χ3n) is 2.76. The minimum absolute atomic E-state index is 0.717. The van der Waals surface area contributed by atoms with Crippen molar-refractivity contribution in [2.45, 2.75) is 39.9 Å². The van der Waals surface area contributed by atoms with Crippen molar-refractivity contribution in [2.75, 3.05) is 6.26 Å². The lowest BCUT2D eigenvalue weighted by molar-refractivity contribution is 0.458. The monoisotopic (exact) mass is 313 g/mol. The van der Waals surface area contributed by atoms with Gasteiger partial charge in [-0.3, -0.25) is 0 Å². The van der Waals surface area contributed by atoms with Crippen molar-refractivity contribution in [3.8, 4) is 0 Å². The van der Waals surface area contributed by atoms with Crippen LogP contribution in [0.2, 0.25) is 0 Å². The molecule has 7 heteroatoms. The summed E-state index contributed by atoms with van der Waals surface area (Å²) in [6.07, 6.45) is 4.62. The number of aromatic nitrogens is 2. The molecule has 1 fully saturated rings. The van der Waals surface area contributed by atoms with Crippen molar-refractivity contribution in [1.29, 1.82) is 0 Å². The second-order valence-electron chi connectivity index (χ2n) is 4.35. The van der Waals surface area contributed by atoms with E-state index < -0.39 is 0 Å². The minimum atomic E-state index is 0.717. The predicted octanol–water partition coefficient (Wildman–Crippen LogP) is 3.40. The minimum Gasteiger partial charge on any atom is -0.464 e. The largest absolute Gasteiger partial charge is 0.464 e. The maximum Gasteiger partial charge on any atom is 0.175 e. The zero-order valence-corrected chi connectivity index (χ0v) is 13.0. The van der Waals surface area contributed by atoms with Crippen molar-refractivity contribution in [1.82, 2.24) is 15.5 Å². The lowest BCUT2D eigenvalue weighted by atomic mass is 10.4. The summed E-state index contributed by atoms with van der Waals surface area (Å²) in [6.45, 7) is 0.838. The third-order valence-corrected chi connectivity index (χ3v) is 5.81. The smallest absolute Gasteiger partial charge is 0.175 e. The van der Waals surface area contributed by atoms with E-state index in [0.717, 1.165) is 32.5 Å². The van der Waals surface area contributed by atoms with Gasteiger partial charge < -0.3 is 9.73 Å². The maximum atomic E-state index is 5.78. The standard InChI is InChI=1S/C12H15N3OS3/c1-17-11-14-15-12(19-11)18-7-10-5-4-9(16-10)6-13-8-2-3-8/h4-5,8,13H,2-3,6-7H2,1H3. The maximum absolute atomic E-state index is 5.78. The summed E-state index contributed by atoms with van der Waals surface area (Å²) in [7, 11) is 0. The van der Waals surface area contributed by atoms with E-state index in [4.69, 9.17) is 4.42 Å². The van der Waals surface area contributed by atoms with Crippen LogP contribution in [0, 0.1) is 0 Å². The number of nitrogens with one attached hydrogen (secondary N) is 1. The fourth-order valence-corrected chi connectivity index (χ4v) is 3.93. The lowest BCUT2D eigenvalue weighted by Crippen LogP contribution is -2.14. The van der Waals surface area contributed by atoms with Crippen molar-refractivity contribution in [3.63, 3.8) is 0 Å². The molecule has 19 heavy (non-hydrogen) atoms. The molecular weight excluding hydrogens is 298 g/mol. The summed E-state index contributed by atoms with van der Waals surface area (Å²) in [4.78, 5) is 0. The van der Waals surface area contributed by atoms with Crippen LogP contribution in [0.3, 0.4) is 0 Å². The molecule has 0 aliphatic heterocycles. The zero-order chi connectivity index (χ0) is 13.1. The highest BCUT2D eigenvalue weighted by atomic mass is 32.2. The molecule has 2 aromatic rings. The first-order valence-electron chi connectivity index (χ1n) is 6.15. The fraction of sp³-hybridized carbons (Fsp3) is 0.500. The molecule has 4 nitrogen and oxygen atoms in total. The number of nitrogens with zero attached hydrogens (tertiary/aromatic N) is 2. The van der Waals surface area contributed by atoms with E-state index in [9.17, 15) is 0 Å². The molecule has 0 saturated heterocycles. The number of hydrogen-bond acceptors (Lipinski definition) is 7. The van der Waals surface area contributed by atoms with Gasteiger partial charge in [0.15, 0.2) is 8.68 Å². The third kappa shape index (κ3) is 3.98. The van der Waals surface area contributed by atoms with E-state index in [1.807, 2.05) is 12.3 Å². The van der Waals surface area contributed by atoms with Gasteiger partial charge >= 0.3 is 0 Å². The van der Waals surface area contributed by atoms with Gasteiger partial charge in [-0.2, -0.15) is 0 Å². The molecule has 0 aromatic carbocycles. The highest BCUT2D eigenvalue weighted by Crippen LogP contribution is 2.30. The molecule has 3 rings (SSSR count). The Morgan fingerprint density at radius 3 is 2.84 bits per heavy atom. The highest BCUT2D eigenvalue weighted by molar-refractivity contribution is 8.02. The van der Waals surface area contributed by atoms with Crippen molar-refractivity contribution < 1.29 is 4.42 Å². The van der Waals surface area contributed by atoms with Gasteiger partial charge in [0.25, 0.3) is 0 Å². The molecule has 0 bridgehead atoms. The van der Waals surface area contributed by atoms with Gasteiger partial charge in [-0.05, 0) is 31.2 Å². The average molecular weight is 313 g/mol. The van der Waals surface area contributed by atoms with Crippen LogP contribution in [0.5, 0.6) is 0 Å². The van der Waals surface area contributed by atoms with E-state index in [2.05, 4.69) is 21.6 Å². The van der Waals surface area contributed by atoms with Crippen molar-refractivity contribution in [2.24, 2.45) is 0 Å². The SMILES string of the molecule is CSc1nnc(SCc2ccc(CNC3CC3)o2)s1. The van der Waals surface area contributed by atoms with E-state index >= 15 is 0 Å². The van der Waals surface area contributed by atoms with Gasteiger partial charge in [0.1, 0.15) is 11.5 Å². The number of hydrogen-bond donors (Lipinski definition) is 1. The molecule has 0 unspecified atom stereocenters. The fourth-order valence-electron chi connectivity index (χ4n) is 1.60. The van der Waals surface area contributed by atoms with Crippen molar-refractivity contribution in [3.05, 3.63) is 23.7 Å². The van der Waals surface area contributed by atoms with Gasteiger partial charge in [-0.1, -0.05) is 34.9 Å². The summed E-state index contributed by atoms with van der Waals surface area (Å²) in [5.41, 5.74) is 0. The van der Waals surface area contributed by atoms with E-state index in [1.54, 1.807) is 34.9 Å². The van der Waals surface area contributed by atoms with E-state index in [-0.39, 0.29) is 0 Å². The molecule has 1 saturated carbocycles. The number of rotatable bonds is 7. The molecule has 1 N–H and O–H groups in total. The van der Waals surface area contributed by atoms with Crippen LogP contribution in [-0.4, -0.2) is 22.5 Å². The first kappa shape index (κ1) is 13.5. The Hall–Kier alpha value is -0.500. The molecule has 102 valence electrons. The Kier molecular flexibility index (Phi) is 4.47. The predicted molar refractivity (Wildman–Crippen MR) is 79.8 cm³/mol. The van der Waals surface area contributed by atoms with Crippen molar-refractivity contribution >= 4 is 34.9 Å². The normalized spacial score (nSPS) is 15.0. The average Bonchev–Trinajstić information content (AvgIpc) is 2.97. The zero-order valence-electron chi connectivity index (χ0n) is 10.6. The molecule has 2 aromatic heterocycles. The van der Waals surface area contributed by atoms with Crippen LogP contribution in [0.25, 0.3) is 0 Å². The van der Waals surface area contributed by atoms with E-state index in [0.29, 0.717) is 6.04 Å². The molecular formula is C12H15N3OS3. The first-order valence-corrected chi connectivity index (χ1v) is 9.17. The molecule has 0 radical (unpaired) electrons. The molecule has 1 aliphatic rings. The number of thioether (sulfide) groups is 2. The van der Waals surface area contributed by atoms with Gasteiger partial charge in [-0.15, -0.1) is 10.2 Å². The molecule has 0 atom stereocenters. The quantitative estimate of drug-likeness (QED) is 0.791. The Labute approximate surface area is 124 Å². The summed E-state index contributed by atoms with van der Waals surface area (Å²) in [5, 5.41) is 11.7. The van der Waals surface area contributed by atoms with Gasteiger partial charge in [0.2, 0.25) is 0 Å². The Morgan fingerprint density at radius 1 is 1.32 bits per heavy atom. The highest BCUT2D eigenvalue weighted by Gasteiger charge is 2.20. The molecule has 2 heterocycles. The van der Waals surface area contributed by atoms with Crippen LogP contribution >= 0.6 is 34.9 Å². The van der Waals surface area contributed by atoms with Crippen LogP contribution in [0.1, 0.15) is 24.4 Å². The second-order valence-corrected chi connectivity index (χ2v) is 7.60. The lowest BCUT2D eigenvalue weighted by Gasteiger charge is -1.98. The van der Waals surface area contributed by atoms with Crippen LogP contribution in [0.15, 0.2) is 25.2 Å². The summed E-state index contributed by atoms with van der Waals surface area (Å²) in [5.74, 6) is 2.83. The number of furan rings is 1. The molecule has 1 aliphatic carbocycles. The topological polar surface area (TPSA) is 51.0 Å². The van der Waals surface area contributed by atoms with Gasteiger partial charge in [0.05, 0.1) is 12.3 Å². The Morgan fingerprint density at radius 2 is 2.11 bits per heavy atom. The summed E-state index contributed by atoms with van der Waals surface area (Å²) in [6, 6.07) is 4.82. The van der Waals surface area contributed by atoms with Crippen LogP contribution in [-0.2, 0) is 12.3 Å². The summed E-state index contributed by atoms with van der Waals surface area (Å²) >= 11 is 4.94. The Bertz CT molecular complexity index is 536. The first-order chi connectivity index (χ1) is 9.33. The summed E-state index contributed by atoms with van der Waals surface area (Å²) < 4.78 is 7.79.